The van der Waals surface area contributed by atoms with Gasteiger partial charge in [-0.2, -0.15) is 0 Å². The average Bonchev–Trinajstić information content (AvgIpc) is 2.97. The molecule has 0 saturated heterocycles. The van der Waals surface area contributed by atoms with Crippen molar-refractivity contribution in [2.45, 2.75) is 0 Å². The first kappa shape index (κ1) is 16.2. The summed E-state index contributed by atoms with van der Waals surface area (Å²) in [5.74, 6) is -1.84. The quantitative estimate of drug-likeness (QED) is 0.529. The number of hydrogen-bond acceptors (Lipinski definition) is 7. The third-order valence-corrected chi connectivity index (χ3v) is 3.55. The van der Waals surface area contributed by atoms with E-state index in [9.17, 15) is 14.3 Å². The molecule has 0 bridgehead atoms. The first-order chi connectivity index (χ1) is 10.1. The van der Waals surface area contributed by atoms with E-state index in [-0.39, 0.29) is 24.6 Å². The molecule has 0 saturated carbocycles. The van der Waals surface area contributed by atoms with Gasteiger partial charge in [-0.05, 0) is 18.2 Å². The number of carboxylic acids is 1. The fourth-order valence-electron chi connectivity index (χ4n) is 1.64. The first-order valence-corrected chi connectivity index (χ1v) is 6.58. The smallest absolute Gasteiger partial charge is 0.543 e. The van der Waals surface area contributed by atoms with E-state index in [2.05, 4.69) is 20.2 Å². The predicted molar refractivity (Wildman–Crippen MR) is 70.7 cm³/mol. The number of carbonyl (C=O) groups excluding carboxylic acids is 1. The van der Waals surface area contributed by atoms with Crippen LogP contribution in [0.3, 0.4) is 0 Å². The molecule has 3 aromatic rings. The van der Waals surface area contributed by atoms with Gasteiger partial charge in [0.15, 0.2) is 5.01 Å². The minimum absolute atomic E-state index is 0. The van der Waals surface area contributed by atoms with Crippen molar-refractivity contribution in [1.29, 1.82) is 0 Å². The second kappa shape index (κ2) is 6.75. The Morgan fingerprint density at radius 3 is 2.68 bits per heavy atom. The van der Waals surface area contributed by atoms with Crippen molar-refractivity contribution >= 4 is 17.3 Å². The Kier molecular flexibility index (Phi) is 4.98. The van der Waals surface area contributed by atoms with E-state index in [1.165, 1.54) is 24.4 Å². The van der Waals surface area contributed by atoms with Crippen molar-refractivity contribution in [3.63, 3.8) is 0 Å². The minimum atomic E-state index is -1.36. The van der Waals surface area contributed by atoms with Gasteiger partial charge in [0.25, 0.3) is 0 Å². The molecule has 104 valence electrons. The van der Waals surface area contributed by atoms with Crippen LogP contribution in [0.4, 0.5) is 4.39 Å². The normalized spacial score (nSPS) is 10.0. The maximum atomic E-state index is 13.1. The Balaban J connectivity index is 0.00000176. The zero-order valence-corrected chi connectivity index (χ0v) is 12.2. The number of carbonyl (C=O) groups is 1. The molecule has 0 atom stereocenters. The summed E-state index contributed by atoms with van der Waals surface area (Å²) in [5, 5.41) is 19.6. The van der Waals surface area contributed by atoms with Crippen LogP contribution < -0.4 is 24.0 Å². The molecule has 22 heavy (non-hydrogen) atoms. The third kappa shape index (κ3) is 3.36. The summed E-state index contributed by atoms with van der Waals surface area (Å²) < 4.78 is 13.1. The number of nitrogens with zero attached hydrogens (tertiary/aromatic N) is 4. The molecular weight excluding hydrogens is 302 g/mol. The van der Waals surface area contributed by atoms with Crippen LogP contribution in [0.15, 0.2) is 36.7 Å². The number of aromatic nitrogens is 4. The van der Waals surface area contributed by atoms with Crippen LogP contribution in [-0.4, -0.2) is 26.1 Å². The zero-order valence-electron chi connectivity index (χ0n) is 11.4. The third-order valence-electron chi connectivity index (χ3n) is 2.55. The Labute approximate surface area is 140 Å². The van der Waals surface area contributed by atoms with Gasteiger partial charge in [0.1, 0.15) is 16.5 Å². The Bertz CT molecular complexity index is 827. The van der Waals surface area contributed by atoms with Gasteiger partial charge in [-0.25, -0.2) is 9.37 Å². The van der Waals surface area contributed by atoms with E-state index in [0.717, 1.165) is 17.5 Å². The second-order valence-corrected chi connectivity index (χ2v) is 4.98. The summed E-state index contributed by atoms with van der Waals surface area (Å²) in [7, 11) is 0. The van der Waals surface area contributed by atoms with E-state index in [1.54, 1.807) is 6.07 Å². The number of rotatable bonds is 3. The molecule has 3 aromatic heterocycles. The minimum Gasteiger partial charge on any atom is -0.543 e. The van der Waals surface area contributed by atoms with E-state index in [0.29, 0.717) is 21.3 Å². The molecule has 0 spiro atoms. The van der Waals surface area contributed by atoms with Crippen LogP contribution in [0.1, 0.15) is 10.5 Å². The van der Waals surface area contributed by atoms with Gasteiger partial charge < -0.3 is 9.90 Å². The molecular formula is C13H6FLiN4O2S. The summed E-state index contributed by atoms with van der Waals surface area (Å²) in [6.07, 6.45) is 2.56. The summed E-state index contributed by atoms with van der Waals surface area (Å²) in [6, 6.07) is 5.78. The van der Waals surface area contributed by atoms with Crippen LogP contribution >= 0.6 is 11.3 Å². The van der Waals surface area contributed by atoms with Crippen molar-refractivity contribution < 1.29 is 33.2 Å². The van der Waals surface area contributed by atoms with E-state index < -0.39 is 11.8 Å². The van der Waals surface area contributed by atoms with Crippen molar-refractivity contribution in [3.05, 3.63) is 48.2 Å². The van der Waals surface area contributed by atoms with Crippen molar-refractivity contribution in [2.75, 3.05) is 0 Å². The zero-order chi connectivity index (χ0) is 14.8. The summed E-state index contributed by atoms with van der Waals surface area (Å²) >= 11 is 1.16. The molecule has 0 aliphatic carbocycles. The van der Waals surface area contributed by atoms with Gasteiger partial charge in [0.05, 0.1) is 17.9 Å². The summed E-state index contributed by atoms with van der Waals surface area (Å²) in [5.41, 5.74) is 0.677. The Morgan fingerprint density at radius 2 is 1.95 bits per heavy atom. The molecule has 0 fully saturated rings. The van der Waals surface area contributed by atoms with Gasteiger partial charge in [-0.1, -0.05) is 17.4 Å². The molecule has 0 aliphatic heterocycles. The largest absolute Gasteiger partial charge is 1.00 e. The molecule has 3 heterocycles. The molecule has 3 rings (SSSR count). The summed E-state index contributed by atoms with van der Waals surface area (Å²) in [6.45, 7) is 0. The fraction of sp³-hybridized carbons (Fsp3) is 0. The maximum Gasteiger partial charge on any atom is 1.00 e. The molecule has 0 unspecified atom stereocenters. The molecule has 6 nitrogen and oxygen atoms in total. The van der Waals surface area contributed by atoms with Crippen LogP contribution in [0.5, 0.6) is 0 Å². The van der Waals surface area contributed by atoms with Gasteiger partial charge in [0, 0.05) is 11.8 Å². The molecule has 0 radical (unpaired) electrons. The van der Waals surface area contributed by atoms with Crippen LogP contribution in [0.25, 0.3) is 21.3 Å². The number of carboxylic acid groups (broad SMARTS) is 1. The maximum absolute atomic E-state index is 13.1. The number of aromatic carboxylic acids is 1. The fourth-order valence-corrected chi connectivity index (χ4v) is 2.43. The number of pyridine rings is 2. The van der Waals surface area contributed by atoms with Crippen molar-refractivity contribution in [2.24, 2.45) is 0 Å². The average molecular weight is 308 g/mol. The number of halogens is 1. The van der Waals surface area contributed by atoms with E-state index >= 15 is 0 Å². The molecule has 0 aliphatic rings. The van der Waals surface area contributed by atoms with Crippen LogP contribution in [-0.2, 0) is 0 Å². The van der Waals surface area contributed by atoms with Crippen LogP contribution in [0, 0.1) is 5.82 Å². The van der Waals surface area contributed by atoms with Crippen molar-refractivity contribution in [3.8, 4) is 21.3 Å². The van der Waals surface area contributed by atoms with Crippen molar-refractivity contribution in [1.82, 2.24) is 20.2 Å². The molecule has 0 N–H and O–H groups in total. The Morgan fingerprint density at radius 1 is 1.18 bits per heavy atom. The second-order valence-electron chi connectivity index (χ2n) is 4.00. The number of hydrogen-bond donors (Lipinski definition) is 0. The Hall–Kier alpha value is -2.14. The standard InChI is InChI=1S/C13H7FN4O2S.Li/c14-8-4-7(5-15-6-8)11-17-18-12(21-11)9-2-1-3-10(16-9)13(19)20;/h1-6H,(H,19,20);/q;+1/p-1. The van der Waals surface area contributed by atoms with Crippen LogP contribution in [0.2, 0.25) is 0 Å². The van der Waals surface area contributed by atoms with E-state index in [4.69, 9.17) is 0 Å². The van der Waals surface area contributed by atoms with Gasteiger partial charge in [0.2, 0.25) is 0 Å². The monoisotopic (exact) mass is 308 g/mol. The van der Waals surface area contributed by atoms with Gasteiger partial charge >= 0.3 is 18.9 Å². The molecule has 0 amide bonds. The van der Waals surface area contributed by atoms with Gasteiger partial charge in [-0.15, -0.1) is 10.2 Å². The van der Waals surface area contributed by atoms with E-state index in [1.807, 2.05) is 0 Å². The first-order valence-electron chi connectivity index (χ1n) is 5.77. The predicted octanol–water partition coefficient (Wildman–Crippen LogP) is -1.83. The SMILES string of the molecule is O=C([O-])c1cccc(-c2nnc(-c3cncc(F)c3)s2)n1.[Li+]. The summed E-state index contributed by atoms with van der Waals surface area (Å²) in [4.78, 5) is 18.5. The molecule has 0 aromatic carbocycles. The van der Waals surface area contributed by atoms with Gasteiger partial charge in [-0.3, -0.25) is 4.98 Å². The topological polar surface area (TPSA) is 91.7 Å². The molecule has 9 heteroatoms.